The predicted octanol–water partition coefficient (Wildman–Crippen LogP) is 1.89. The van der Waals surface area contributed by atoms with Gasteiger partial charge in [0.1, 0.15) is 24.1 Å². The molecule has 7 heteroatoms. The van der Waals surface area contributed by atoms with E-state index in [4.69, 9.17) is 0 Å². The van der Waals surface area contributed by atoms with Crippen molar-refractivity contribution in [2.75, 3.05) is 0 Å². The van der Waals surface area contributed by atoms with Crippen LogP contribution in [0.2, 0.25) is 0 Å². The zero-order chi connectivity index (χ0) is 17.4. The van der Waals surface area contributed by atoms with Gasteiger partial charge in [-0.3, -0.25) is 9.48 Å². The van der Waals surface area contributed by atoms with E-state index < -0.39 is 17.0 Å². The molecule has 0 aliphatic heterocycles. The van der Waals surface area contributed by atoms with Gasteiger partial charge in [-0.1, -0.05) is 12.1 Å². The van der Waals surface area contributed by atoms with Crippen LogP contribution in [0, 0.1) is 17.2 Å². The van der Waals surface area contributed by atoms with Crippen LogP contribution in [0.1, 0.15) is 25.3 Å². The van der Waals surface area contributed by atoms with Crippen molar-refractivity contribution in [3.05, 3.63) is 48.3 Å². The third-order valence-electron chi connectivity index (χ3n) is 5.36. The van der Waals surface area contributed by atoms with Crippen LogP contribution in [-0.2, 0) is 17.8 Å². The summed E-state index contributed by atoms with van der Waals surface area (Å²) < 4.78 is 14.6. The van der Waals surface area contributed by atoms with Crippen molar-refractivity contribution >= 4 is 5.97 Å². The number of carbonyl (C=O) groups is 1. The number of carboxylic acid groups (broad SMARTS) is 1. The fourth-order valence-corrected chi connectivity index (χ4v) is 3.70. The molecular formula is C17H20FN3O3. The van der Waals surface area contributed by atoms with Crippen molar-refractivity contribution in [1.29, 1.82) is 0 Å². The maximum atomic E-state index is 13.1. The van der Waals surface area contributed by atoms with E-state index in [-0.39, 0.29) is 18.3 Å². The van der Waals surface area contributed by atoms with E-state index in [9.17, 15) is 19.4 Å². The van der Waals surface area contributed by atoms with Crippen LogP contribution in [0.3, 0.4) is 0 Å². The highest BCUT2D eigenvalue weighted by Crippen LogP contribution is 2.52. The van der Waals surface area contributed by atoms with Crippen molar-refractivity contribution in [2.24, 2.45) is 11.3 Å². The smallest absolute Gasteiger partial charge is 0.312 e. The zero-order valence-corrected chi connectivity index (χ0v) is 13.4. The highest BCUT2D eigenvalue weighted by atomic mass is 19.1. The van der Waals surface area contributed by atoms with Crippen LogP contribution in [-0.4, -0.2) is 36.5 Å². The van der Waals surface area contributed by atoms with Gasteiger partial charge in [0, 0.05) is 0 Å². The molecule has 24 heavy (non-hydrogen) atoms. The van der Waals surface area contributed by atoms with E-state index in [0.717, 1.165) is 5.56 Å². The van der Waals surface area contributed by atoms with E-state index in [1.165, 1.54) is 29.5 Å². The molecule has 3 rings (SSSR count). The average Bonchev–Trinajstić information content (AvgIpc) is 3.12. The maximum Gasteiger partial charge on any atom is 0.312 e. The lowest BCUT2D eigenvalue weighted by atomic mass is 9.71. The van der Waals surface area contributed by atoms with Gasteiger partial charge in [0.25, 0.3) is 0 Å². The van der Waals surface area contributed by atoms with Crippen molar-refractivity contribution in [3.63, 3.8) is 0 Å². The molecule has 1 aromatic heterocycles. The normalized spacial score (nSPS) is 29.7. The molecule has 1 aromatic carbocycles. The fourth-order valence-electron chi connectivity index (χ4n) is 3.70. The number of hydrogen-bond acceptors (Lipinski definition) is 4. The molecule has 1 saturated carbocycles. The largest absolute Gasteiger partial charge is 0.481 e. The van der Waals surface area contributed by atoms with E-state index >= 15 is 0 Å². The van der Waals surface area contributed by atoms with Gasteiger partial charge in [-0.05, 0) is 49.8 Å². The Morgan fingerprint density at radius 1 is 1.42 bits per heavy atom. The van der Waals surface area contributed by atoms with Crippen molar-refractivity contribution < 1.29 is 19.4 Å². The summed E-state index contributed by atoms with van der Waals surface area (Å²) in [6.45, 7) is 1.64. The van der Waals surface area contributed by atoms with Crippen molar-refractivity contribution in [2.45, 2.75) is 38.3 Å². The van der Waals surface area contributed by atoms with Gasteiger partial charge in [0.15, 0.2) is 0 Å². The Balaban J connectivity index is 1.92. The van der Waals surface area contributed by atoms with Crippen LogP contribution >= 0.6 is 0 Å². The zero-order valence-electron chi connectivity index (χ0n) is 13.4. The van der Waals surface area contributed by atoms with Crippen LogP contribution in [0.15, 0.2) is 36.9 Å². The third kappa shape index (κ3) is 2.69. The summed E-state index contributed by atoms with van der Waals surface area (Å²) in [5.41, 5.74) is -1.88. The summed E-state index contributed by atoms with van der Waals surface area (Å²) in [7, 11) is 0. The second-order valence-electron chi connectivity index (χ2n) is 6.72. The van der Waals surface area contributed by atoms with Crippen LogP contribution in [0.5, 0.6) is 0 Å². The lowest BCUT2D eigenvalue weighted by Gasteiger charge is -2.40. The number of nitrogens with zero attached hydrogens (tertiary/aromatic N) is 3. The molecule has 1 aliphatic carbocycles. The molecule has 3 unspecified atom stereocenters. The minimum Gasteiger partial charge on any atom is -0.481 e. The molecule has 1 heterocycles. The summed E-state index contributed by atoms with van der Waals surface area (Å²) >= 11 is 0. The molecule has 1 fully saturated rings. The Morgan fingerprint density at radius 2 is 2.12 bits per heavy atom. The molecule has 3 atom stereocenters. The predicted molar refractivity (Wildman–Crippen MR) is 83.5 cm³/mol. The van der Waals surface area contributed by atoms with E-state index in [2.05, 4.69) is 10.1 Å². The van der Waals surface area contributed by atoms with Gasteiger partial charge in [0.05, 0.1) is 12.0 Å². The second kappa shape index (κ2) is 5.98. The number of aliphatic carboxylic acids is 1. The van der Waals surface area contributed by atoms with E-state index in [1.54, 1.807) is 19.1 Å². The van der Waals surface area contributed by atoms with Crippen LogP contribution < -0.4 is 0 Å². The summed E-state index contributed by atoms with van der Waals surface area (Å²) in [5.74, 6) is -1.61. The minimum atomic E-state index is -1.47. The monoisotopic (exact) mass is 333 g/mol. The summed E-state index contributed by atoms with van der Waals surface area (Å²) in [5, 5.41) is 25.1. The molecule has 1 aliphatic rings. The number of halogens is 1. The molecule has 0 saturated heterocycles. The van der Waals surface area contributed by atoms with Crippen molar-refractivity contribution in [3.8, 4) is 0 Å². The van der Waals surface area contributed by atoms with Gasteiger partial charge in [-0.25, -0.2) is 9.37 Å². The van der Waals surface area contributed by atoms with Gasteiger partial charge in [-0.15, -0.1) is 0 Å². The Bertz CT molecular complexity index is 719. The Hall–Kier alpha value is -2.28. The molecule has 0 amide bonds. The number of carboxylic acids is 1. The first-order valence-corrected chi connectivity index (χ1v) is 7.88. The number of aliphatic hydroxyl groups is 1. The molecule has 0 radical (unpaired) electrons. The van der Waals surface area contributed by atoms with Gasteiger partial charge < -0.3 is 10.2 Å². The molecule has 0 spiro atoms. The van der Waals surface area contributed by atoms with E-state index in [1.807, 2.05) is 0 Å². The molecule has 6 nitrogen and oxygen atoms in total. The van der Waals surface area contributed by atoms with Crippen molar-refractivity contribution in [1.82, 2.24) is 14.8 Å². The molecule has 128 valence electrons. The SMILES string of the molecule is CC1(C(=O)O)CCC(Cc2ccc(F)cc2)C1(O)Cn1cncn1. The summed E-state index contributed by atoms with van der Waals surface area (Å²) in [6.07, 6.45) is 4.25. The quantitative estimate of drug-likeness (QED) is 0.872. The Morgan fingerprint density at radius 3 is 2.71 bits per heavy atom. The summed E-state index contributed by atoms with van der Waals surface area (Å²) in [4.78, 5) is 15.7. The molecule has 0 bridgehead atoms. The topological polar surface area (TPSA) is 88.2 Å². The molecule has 2 aromatic rings. The van der Waals surface area contributed by atoms with Crippen LogP contribution in [0.25, 0.3) is 0 Å². The molecular weight excluding hydrogens is 313 g/mol. The summed E-state index contributed by atoms with van der Waals surface area (Å²) in [6, 6.07) is 6.08. The minimum absolute atomic E-state index is 0.0572. The highest BCUT2D eigenvalue weighted by Gasteiger charge is 2.61. The Kier molecular flexibility index (Phi) is 4.13. The number of hydrogen-bond donors (Lipinski definition) is 2. The number of aromatic nitrogens is 3. The third-order valence-corrected chi connectivity index (χ3v) is 5.36. The van der Waals surface area contributed by atoms with E-state index in [0.29, 0.717) is 19.3 Å². The lowest BCUT2D eigenvalue weighted by molar-refractivity contribution is -0.169. The number of benzene rings is 1. The van der Waals surface area contributed by atoms with Gasteiger partial charge >= 0.3 is 5.97 Å². The second-order valence-corrected chi connectivity index (χ2v) is 6.72. The Labute approximate surface area is 139 Å². The van der Waals surface area contributed by atoms with Crippen LogP contribution in [0.4, 0.5) is 4.39 Å². The number of rotatable bonds is 5. The van der Waals surface area contributed by atoms with Gasteiger partial charge in [-0.2, -0.15) is 5.10 Å². The fraction of sp³-hybridized carbons (Fsp3) is 0.471. The first-order valence-electron chi connectivity index (χ1n) is 7.88. The highest BCUT2D eigenvalue weighted by molar-refractivity contribution is 5.76. The maximum absolute atomic E-state index is 13.1. The standard InChI is InChI=1S/C17H20FN3O3/c1-16(15(22)23)7-6-13(8-12-2-4-14(18)5-3-12)17(16,24)9-21-11-19-10-20-21/h2-5,10-11,13,24H,6-9H2,1H3,(H,22,23). The molecule has 2 N–H and O–H groups in total. The van der Waals surface area contributed by atoms with Gasteiger partial charge in [0.2, 0.25) is 0 Å². The average molecular weight is 333 g/mol. The first kappa shape index (κ1) is 16.6. The first-order chi connectivity index (χ1) is 11.3. The lowest BCUT2D eigenvalue weighted by Crippen LogP contribution is -2.54.